The summed E-state index contributed by atoms with van der Waals surface area (Å²) in [5.74, 6) is 0.0430. The average molecular weight is 288 g/mol. The lowest BCUT2D eigenvalue weighted by molar-refractivity contribution is 0.0519. The number of carbonyl (C=O) groups excluding carboxylic acids is 1. The number of aromatic nitrogens is 1. The first-order valence-corrected chi connectivity index (χ1v) is 7.05. The van der Waals surface area contributed by atoms with E-state index in [-0.39, 0.29) is 5.69 Å². The molecule has 0 fully saturated rings. The van der Waals surface area contributed by atoms with E-state index in [9.17, 15) is 4.79 Å². The molecular formula is C16H20N2O3. The van der Waals surface area contributed by atoms with Gasteiger partial charge in [0, 0.05) is 6.54 Å². The van der Waals surface area contributed by atoms with Crippen LogP contribution in [0.2, 0.25) is 0 Å². The van der Waals surface area contributed by atoms with E-state index < -0.39 is 5.97 Å². The molecule has 21 heavy (non-hydrogen) atoms. The first-order valence-electron chi connectivity index (χ1n) is 7.05. The van der Waals surface area contributed by atoms with Crippen LogP contribution in [0.4, 0.5) is 6.01 Å². The van der Waals surface area contributed by atoms with Gasteiger partial charge in [-0.2, -0.15) is 4.98 Å². The van der Waals surface area contributed by atoms with Crippen LogP contribution in [0.3, 0.4) is 0 Å². The lowest BCUT2D eigenvalue weighted by Crippen LogP contribution is -2.05. The maximum Gasteiger partial charge on any atom is 0.360 e. The quantitative estimate of drug-likeness (QED) is 0.823. The van der Waals surface area contributed by atoms with Gasteiger partial charge in [-0.3, -0.25) is 0 Å². The van der Waals surface area contributed by atoms with Crippen molar-refractivity contribution in [1.29, 1.82) is 0 Å². The largest absolute Gasteiger partial charge is 0.461 e. The Hall–Kier alpha value is -2.30. The number of benzene rings is 1. The van der Waals surface area contributed by atoms with Crippen molar-refractivity contribution in [2.75, 3.05) is 11.9 Å². The number of nitrogens with zero attached hydrogens (tertiary/aromatic N) is 1. The van der Waals surface area contributed by atoms with Crippen molar-refractivity contribution in [2.45, 2.75) is 33.2 Å². The number of hydrogen-bond donors (Lipinski definition) is 1. The minimum atomic E-state index is -0.476. The minimum Gasteiger partial charge on any atom is -0.461 e. The zero-order chi connectivity index (χ0) is 15.2. The molecule has 5 nitrogen and oxygen atoms in total. The molecule has 1 heterocycles. The second kappa shape index (κ2) is 6.92. The molecular weight excluding hydrogens is 268 g/mol. The maximum absolute atomic E-state index is 11.5. The van der Waals surface area contributed by atoms with Gasteiger partial charge in [0.05, 0.1) is 6.61 Å². The number of esters is 1. The van der Waals surface area contributed by atoms with Gasteiger partial charge in [0.1, 0.15) is 6.26 Å². The molecule has 2 rings (SSSR count). The van der Waals surface area contributed by atoms with E-state index in [0.717, 1.165) is 5.56 Å². The molecule has 1 aromatic carbocycles. The van der Waals surface area contributed by atoms with Gasteiger partial charge in [0.15, 0.2) is 5.69 Å². The predicted octanol–water partition coefficient (Wildman–Crippen LogP) is 3.59. The zero-order valence-corrected chi connectivity index (χ0v) is 12.6. The third-order valence-electron chi connectivity index (χ3n) is 3.08. The van der Waals surface area contributed by atoms with E-state index in [1.165, 1.54) is 11.8 Å². The fourth-order valence-electron chi connectivity index (χ4n) is 1.85. The molecule has 5 heteroatoms. The highest BCUT2D eigenvalue weighted by Crippen LogP contribution is 2.16. The lowest BCUT2D eigenvalue weighted by Gasteiger charge is -2.07. The molecule has 0 atom stereocenters. The third kappa shape index (κ3) is 4.08. The molecule has 1 N–H and O–H groups in total. The molecule has 0 aliphatic carbocycles. The van der Waals surface area contributed by atoms with E-state index in [1.54, 1.807) is 6.92 Å². The Morgan fingerprint density at radius 2 is 2.05 bits per heavy atom. The third-order valence-corrected chi connectivity index (χ3v) is 3.08. The monoisotopic (exact) mass is 288 g/mol. The fourth-order valence-corrected chi connectivity index (χ4v) is 1.85. The van der Waals surface area contributed by atoms with Crippen molar-refractivity contribution >= 4 is 12.0 Å². The second-order valence-corrected chi connectivity index (χ2v) is 5.01. The van der Waals surface area contributed by atoms with Crippen LogP contribution in [0.25, 0.3) is 0 Å². The van der Waals surface area contributed by atoms with Crippen LogP contribution in [0.15, 0.2) is 34.9 Å². The Morgan fingerprint density at radius 3 is 2.67 bits per heavy atom. The summed E-state index contributed by atoms with van der Waals surface area (Å²) < 4.78 is 10.0. The molecule has 0 saturated heterocycles. The van der Waals surface area contributed by atoms with Gasteiger partial charge in [-0.1, -0.05) is 38.1 Å². The number of rotatable bonds is 6. The number of carbonyl (C=O) groups is 1. The van der Waals surface area contributed by atoms with Crippen LogP contribution >= 0.6 is 0 Å². The molecule has 0 saturated carbocycles. The Morgan fingerprint density at radius 1 is 1.33 bits per heavy atom. The summed E-state index contributed by atoms with van der Waals surface area (Å²) in [6.45, 7) is 6.98. The van der Waals surface area contributed by atoms with Crippen molar-refractivity contribution in [3.05, 3.63) is 47.3 Å². The minimum absolute atomic E-state index is 0.175. The topological polar surface area (TPSA) is 64.4 Å². The number of hydrogen-bond acceptors (Lipinski definition) is 5. The van der Waals surface area contributed by atoms with Crippen molar-refractivity contribution < 1.29 is 13.9 Å². The SMILES string of the molecule is CCOC(=O)c1coc(NCc2ccc(C(C)C)cc2)n1. The van der Waals surface area contributed by atoms with E-state index in [2.05, 4.69) is 48.4 Å². The summed E-state index contributed by atoms with van der Waals surface area (Å²) in [5, 5.41) is 3.04. The summed E-state index contributed by atoms with van der Waals surface area (Å²) in [6, 6.07) is 8.67. The van der Waals surface area contributed by atoms with E-state index in [0.29, 0.717) is 25.1 Å². The van der Waals surface area contributed by atoms with Gasteiger partial charge in [-0.15, -0.1) is 0 Å². The van der Waals surface area contributed by atoms with Crippen LogP contribution in [0.1, 0.15) is 48.3 Å². The van der Waals surface area contributed by atoms with Crippen molar-refractivity contribution in [3.63, 3.8) is 0 Å². The van der Waals surface area contributed by atoms with E-state index in [1.807, 2.05) is 0 Å². The zero-order valence-electron chi connectivity index (χ0n) is 12.6. The van der Waals surface area contributed by atoms with Crippen LogP contribution in [0.5, 0.6) is 0 Å². The molecule has 0 radical (unpaired) electrons. The summed E-state index contributed by atoms with van der Waals surface area (Å²) in [5.41, 5.74) is 2.60. The Labute approximate surface area is 124 Å². The molecule has 0 aliphatic heterocycles. The molecule has 0 unspecified atom stereocenters. The average Bonchev–Trinajstić information content (AvgIpc) is 2.95. The summed E-state index contributed by atoms with van der Waals surface area (Å²) in [7, 11) is 0. The predicted molar refractivity (Wildman–Crippen MR) is 80.3 cm³/mol. The highest BCUT2D eigenvalue weighted by molar-refractivity contribution is 5.87. The second-order valence-electron chi connectivity index (χ2n) is 5.01. The van der Waals surface area contributed by atoms with Crippen molar-refractivity contribution in [1.82, 2.24) is 4.98 Å². The standard InChI is InChI=1S/C16H20N2O3/c1-4-20-15(19)14-10-21-16(18-14)17-9-12-5-7-13(8-6-12)11(2)3/h5-8,10-11H,4,9H2,1-3H3,(H,17,18). The molecule has 0 aliphatic rings. The van der Waals surface area contributed by atoms with Crippen LogP contribution in [-0.4, -0.2) is 17.6 Å². The lowest BCUT2D eigenvalue weighted by atomic mass is 10.0. The Kier molecular flexibility index (Phi) is 4.98. The number of oxazole rings is 1. The molecule has 0 spiro atoms. The van der Waals surface area contributed by atoms with Crippen molar-refractivity contribution in [2.24, 2.45) is 0 Å². The Balaban J connectivity index is 1.92. The van der Waals surface area contributed by atoms with Gasteiger partial charge in [0.25, 0.3) is 6.01 Å². The summed E-state index contributed by atoms with van der Waals surface area (Å²) in [6.07, 6.45) is 1.29. The molecule has 0 amide bonds. The number of ether oxygens (including phenoxy) is 1. The highest BCUT2D eigenvalue weighted by Gasteiger charge is 2.12. The smallest absolute Gasteiger partial charge is 0.360 e. The van der Waals surface area contributed by atoms with Gasteiger partial charge in [0.2, 0.25) is 0 Å². The summed E-state index contributed by atoms with van der Waals surface area (Å²) in [4.78, 5) is 15.5. The Bertz CT molecular complexity index is 588. The first kappa shape index (κ1) is 15.1. The van der Waals surface area contributed by atoms with Gasteiger partial charge >= 0.3 is 5.97 Å². The van der Waals surface area contributed by atoms with Gasteiger partial charge in [-0.05, 0) is 24.0 Å². The van der Waals surface area contributed by atoms with E-state index in [4.69, 9.17) is 9.15 Å². The first-order chi connectivity index (χ1) is 10.1. The van der Waals surface area contributed by atoms with Crippen LogP contribution in [0, 0.1) is 0 Å². The van der Waals surface area contributed by atoms with Gasteiger partial charge < -0.3 is 14.5 Å². The molecule has 112 valence electrons. The summed E-state index contributed by atoms with van der Waals surface area (Å²) >= 11 is 0. The molecule has 1 aromatic heterocycles. The normalized spacial score (nSPS) is 10.7. The number of anilines is 1. The van der Waals surface area contributed by atoms with Crippen LogP contribution < -0.4 is 5.32 Å². The molecule has 2 aromatic rings. The highest BCUT2D eigenvalue weighted by atomic mass is 16.5. The number of nitrogens with one attached hydrogen (secondary N) is 1. The molecule has 0 bridgehead atoms. The van der Waals surface area contributed by atoms with Crippen LogP contribution in [-0.2, 0) is 11.3 Å². The van der Waals surface area contributed by atoms with E-state index >= 15 is 0 Å². The van der Waals surface area contributed by atoms with Crippen molar-refractivity contribution in [3.8, 4) is 0 Å². The van der Waals surface area contributed by atoms with Gasteiger partial charge in [-0.25, -0.2) is 4.79 Å². The maximum atomic E-state index is 11.5. The fraction of sp³-hybridized carbons (Fsp3) is 0.375.